The van der Waals surface area contributed by atoms with Crippen molar-refractivity contribution in [2.24, 2.45) is 5.73 Å². The van der Waals surface area contributed by atoms with Crippen LogP contribution < -0.4 is 16.4 Å². The smallest absolute Gasteiger partial charge is 0.255 e. The molecule has 1 aromatic carbocycles. The van der Waals surface area contributed by atoms with Gasteiger partial charge in [-0.2, -0.15) is 0 Å². The Labute approximate surface area is 161 Å². The summed E-state index contributed by atoms with van der Waals surface area (Å²) in [5.74, 6) is -0.299. The number of nitrogens with one attached hydrogen (secondary N) is 2. The second-order valence-corrected chi connectivity index (χ2v) is 6.84. The van der Waals surface area contributed by atoms with Crippen molar-refractivity contribution in [1.82, 2.24) is 20.2 Å². The number of fused-ring (bicyclic) bond motifs is 1. The highest BCUT2D eigenvalue weighted by molar-refractivity contribution is 6.05. The highest BCUT2D eigenvalue weighted by Gasteiger charge is 2.39. The van der Waals surface area contributed by atoms with Crippen molar-refractivity contribution in [1.29, 1.82) is 0 Å². The fraction of sp³-hybridized carbons (Fsp3) is 0.316. The Bertz CT molecular complexity index is 943. The van der Waals surface area contributed by atoms with Crippen molar-refractivity contribution < 1.29 is 14.4 Å². The van der Waals surface area contributed by atoms with E-state index in [2.05, 4.69) is 20.6 Å². The molecule has 2 aliphatic rings. The molecule has 1 aromatic heterocycles. The fourth-order valence-corrected chi connectivity index (χ4v) is 3.47. The van der Waals surface area contributed by atoms with Crippen LogP contribution in [0.1, 0.15) is 40.2 Å². The van der Waals surface area contributed by atoms with Gasteiger partial charge < -0.3 is 16.0 Å². The number of aromatic nitrogens is 2. The molecule has 0 spiro atoms. The first-order valence-corrected chi connectivity index (χ1v) is 9.06. The lowest BCUT2D eigenvalue weighted by molar-refractivity contribution is -0.136. The van der Waals surface area contributed by atoms with Gasteiger partial charge in [-0.05, 0) is 23.6 Å². The second-order valence-electron chi connectivity index (χ2n) is 6.84. The van der Waals surface area contributed by atoms with Gasteiger partial charge in [0, 0.05) is 25.1 Å². The molecule has 9 heteroatoms. The van der Waals surface area contributed by atoms with Gasteiger partial charge in [-0.25, -0.2) is 9.97 Å². The zero-order valence-corrected chi connectivity index (χ0v) is 15.1. The predicted molar refractivity (Wildman–Crippen MR) is 99.7 cm³/mol. The van der Waals surface area contributed by atoms with Gasteiger partial charge in [0.15, 0.2) is 0 Å². The standard InChI is InChI=1S/C19H20N6O3/c20-6-16-22-8-13(9-23-16)21-7-11-1-2-12-10-25(19(28)14(12)5-11)15-3-4-17(26)24-18(15)27/h1-2,5,8-9,15,21H,3-4,6-7,10,20H2,(H,24,26,27). The number of carbonyl (C=O) groups excluding carboxylic acids is 3. The van der Waals surface area contributed by atoms with Crippen molar-refractivity contribution in [3.8, 4) is 0 Å². The van der Waals surface area contributed by atoms with Gasteiger partial charge in [0.05, 0.1) is 24.6 Å². The molecule has 1 atom stereocenters. The number of benzene rings is 1. The van der Waals surface area contributed by atoms with Crippen molar-refractivity contribution in [3.63, 3.8) is 0 Å². The molecule has 1 saturated heterocycles. The molecule has 9 nitrogen and oxygen atoms in total. The summed E-state index contributed by atoms with van der Waals surface area (Å²) in [6.07, 6.45) is 3.94. The lowest BCUT2D eigenvalue weighted by atomic mass is 10.0. The van der Waals surface area contributed by atoms with Crippen molar-refractivity contribution in [3.05, 3.63) is 53.1 Å². The summed E-state index contributed by atoms with van der Waals surface area (Å²) in [4.78, 5) is 46.1. The number of hydrogen-bond acceptors (Lipinski definition) is 7. The van der Waals surface area contributed by atoms with Gasteiger partial charge in [-0.1, -0.05) is 12.1 Å². The predicted octanol–water partition coefficient (Wildman–Crippen LogP) is 0.308. The molecular weight excluding hydrogens is 360 g/mol. The molecule has 0 bridgehead atoms. The number of rotatable bonds is 5. The van der Waals surface area contributed by atoms with Crippen LogP contribution in [0.25, 0.3) is 0 Å². The number of imide groups is 1. The molecule has 4 rings (SSSR count). The van der Waals surface area contributed by atoms with Crippen LogP contribution in [0, 0.1) is 0 Å². The zero-order valence-electron chi connectivity index (χ0n) is 15.1. The van der Waals surface area contributed by atoms with Gasteiger partial charge >= 0.3 is 0 Å². The van der Waals surface area contributed by atoms with E-state index >= 15 is 0 Å². The van der Waals surface area contributed by atoms with Crippen LogP contribution >= 0.6 is 0 Å². The van der Waals surface area contributed by atoms with Gasteiger partial charge in [0.1, 0.15) is 11.9 Å². The second kappa shape index (κ2) is 7.35. The molecule has 2 aliphatic heterocycles. The van der Waals surface area contributed by atoms with E-state index in [1.165, 1.54) is 0 Å². The summed E-state index contributed by atoms with van der Waals surface area (Å²) in [6.45, 7) is 1.17. The Morgan fingerprint density at radius 1 is 1.21 bits per heavy atom. The molecule has 3 heterocycles. The van der Waals surface area contributed by atoms with Crippen LogP contribution in [0.2, 0.25) is 0 Å². The van der Waals surface area contributed by atoms with Crippen LogP contribution in [0.4, 0.5) is 5.69 Å². The van der Waals surface area contributed by atoms with Gasteiger partial charge in [-0.3, -0.25) is 19.7 Å². The van der Waals surface area contributed by atoms with E-state index in [9.17, 15) is 14.4 Å². The first-order valence-electron chi connectivity index (χ1n) is 9.06. The van der Waals surface area contributed by atoms with Gasteiger partial charge in [0.2, 0.25) is 11.8 Å². The maximum absolute atomic E-state index is 12.8. The minimum atomic E-state index is -0.600. The van der Waals surface area contributed by atoms with E-state index in [1.807, 2.05) is 18.2 Å². The Kier molecular flexibility index (Phi) is 4.74. The number of amides is 3. The third kappa shape index (κ3) is 3.44. The number of nitrogens with zero attached hydrogens (tertiary/aromatic N) is 3. The molecular formula is C19H20N6O3. The first-order chi connectivity index (χ1) is 13.5. The molecule has 3 amide bonds. The number of carbonyl (C=O) groups is 3. The molecule has 144 valence electrons. The monoisotopic (exact) mass is 380 g/mol. The summed E-state index contributed by atoms with van der Waals surface area (Å²) in [5.41, 5.74) is 8.66. The molecule has 0 saturated carbocycles. The quantitative estimate of drug-likeness (QED) is 0.636. The Morgan fingerprint density at radius 3 is 2.71 bits per heavy atom. The minimum absolute atomic E-state index is 0.179. The summed E-state index contributed by atoms with van der Waals surface area (Å²) >= 11 is 0. The molecule has 28 heavy (non-hydrogen) atoms. The third-order valence-corrected chi connectivity index (χ3v) is 4.98. The van der Waals surface area contributed by atoms with Crippen molar-refractivity contribution in [2.45, 2.75) is 38.5 Å². The molecule has 1 fully saturated rings. The van der Waals surface area contributed by atoms with Crippen molar-refractivity contribution in [2.75, 3.05) is 5.32 Å². The molecule has 4 N–H and O–H groups in total. The van der Waals surface area contributed by atoms with E-state index in [1.54, 1.807) is 17.3 Å². The van der Waals surface area contributed by atoms with Gasteiger partial charge in [0.25, 0.3) is 5.91 Å². The largest absolute Gasteiger partial charge is 0.378 e. The summed E-state index contributed by atoms with van der Waals surface area (Å²) in [6, 6.07) is 5.09. The topological polar surface area (TPSA) is 130 Å². The maximum Gasteiger partial charge on any atom is 0.255 e. The molecule has 0 radical (unpaired) electrons. The number of anilines is 1. The summed E-state index contributed by atoms with van der Waals surface area (Å²) in [5, 5.41) is 5.52. The average Bonchev–Trinajstić information content (AvgIpc) is 3.03. The first kappa shape index (κ1) is 18.1. The van der Waals surface area contributed by atoms with Crippen LogP contribution in [0.5, 0.6) is 0 Å². The van der Waals surface area contributed by atoms with E-state index in [-0.39, 0.29) is 24.8 Å². The van der Waals surface area contributed by atoms with Crippen molar-refractivity contribution >= 4 is 23.4 Å². The van der Waals surface area contributed by atoms with Crippen LogP contribution in [0.3, 0.4) is 0 Å². The Hall–Kier alpha value is -3.33. The lowest BCUT2D eigenvalue weighted by Gasteiger charge is -2.29. The molecule has 2 aromatic rings. The minimum Gasteiger partial charge on any atom is -0.378 e. The highest BCUT2D eigenvalue weighted by Crippen LogP contribution is 2.28. The zero-order chi connectivity index (χ0) is 19.7. The average molecular weight is 380 g/mol. The number of piperidine rings is 1. The molecule has 1 unspecified atom stereocenters. The van der Waals surface area contributed by atoms with E-state index in [4.69, 9.17) is 5.73 Å². The number of hydrogen-bond donors (Lipinski definition) is 3. The van der Waals surface area contributed by atoms with Crippen LogP contribution in [-0.2, 0) is 29.2 Å². The van der Waals surface area contributed by atoms with Crippen LogP contribution in [0.15, 0.2) is 30.6 Å². The highest BCUT2D eigenvalue weighted by atomic mass is 16.2. The number of nitrogens with two attached hydrogens (primary N) is 1. The fourth-order valence-electron chi connectivity index (χ4n) is 3.47. The lowest BCUT2D eigenvalue weighted by Crippen LogP contribution is -2.52. The Morgan fingerprint density at radius 2 is 2.00 bits per heavy atom. The van der Waals surface area contributed by atoms with E-state index in [0.29, 0.717) is 30.9 Å². The summed E-state index contributed by atoms with van der Waals surface area (Å²) in [7, 11) is 0. The summed E-state index contributed by atoms with van der Waals surface area (Å²) < 4.78 is 0. The SMILES string of the molecule is NCc1ncc(NCc2ccc3c(c2)C(=O)N(C2CCC(=O)NC2=O)C3)cn1. The Balaban J connectivity index is 1.45. The normalized spacial score (nSPS) is 18.8. The maximum atomic E-state index is 12.8. The van der Waals surface area contributed by atoms with E-state index in [0.717, 1.165) is 16.8 Å². The van der Waals surface area contributed by atoms with Crippen LogP contribution in [-0.4, -0.2) is 38.6 Å². The molecule has 0 aliphatic carbocycles. The van der Waals surface area contributed by atoms with Gasteiger partial charge in [-0.15, -0.1) is 0 Å². The van der Waals surface area contributed by atoms with E-state index < -0.39 is 11.9 Å². The third-order valence-electron chi connectivity index (χ3n) is 4.98.